The van der Waals surface area contributed by atoms with Crippen LogP contribution < -0.4 is 5.73 Å². The molecule has 0 aromatic carbocycles. The molecule has 0 saturated carbocycles. The van der Waals surface area contributed by atoms with Gasteiger partial charge < -0.3 is 5.73 Å². The lowest BCUT2D eigenvalue weighted by atomic mass is 10.0. The van der Waals surface area contributed by atoms with Gasteiger partial charge in [0.15, 0.2) is 0 Å². The monoisotopic (exact) mass is 330 g/mol. The van der Waals surface area contributed by atoms with Crippen molar-refractivity contribution in [2.24, 2.45) is 11.7 Å². The van der Waals surface area contributed by atoms with Crippen molar-refractivity contribution >= 4 is 45.4 Å². The molecule has 2 rings (SSSR count). The molecule has 8 heteroatoms. The van der Waals surface area contributed by atoms with Gasteiger partial charge >= 0.3 is 0 Å². The van der Waals surface area contributed by atoms with Crippen molar-refractivity contribution in [1.82, 2.24) is 4.31 Å². The highest BCUT2D eigenvalue weighted by atomic mass is 35.5. The summed E-state index contributed by atoms with van der Waals surface area (Å²) in [5, 5.41) is 0. The number of sulfonamides is 1. The van der Waals surface area contributed by atoms with Crippen molar-refractivity contribution in [1.29, 1.82) is 0 Å². The molecule has 104 valence electrons. The van der Waals surface area contributed by atoms with Crippen LogP contribution in [-0.4, -0.2) is 31.9 Å². The predicted molar refractivity (Wildman–Crippen MR) is 77.1 cm³/mol. The summed E-state index contributed by atoms with van der Waals surface area (Å²) in [6.45, 7) is 2.97. The quantitative estimate of drug-likeness (QED) is 0.923. The van der Waals surface area contributed by atoms with E-state index in [1.807, 2.05) is 6.92 Å². The lowest BCUT2D eigenvalue weighted by molar-refractivity contribution is 0.430. The summed E-state index contributed by atoms with van der Waals surface area (Å²) in [7, 11) is -3.37. The van der Waals surface area contributed by atoms with Gasteiger partial charge in [0.1, 0.15) is 4.21 Å². The fraction of sp³-hybridized carbons (Fsp3) is 0.600. The molecule has 1 aromatic rings. The molecule has 1 aromatic heterocycles. The van der Waals surface area contributed by atoms with Crippen LogP contribution in [0.2, 0.25) is 4.34 Å². The van der Waals surface area contributed by atoms with Crippen LogP contribution in [0.5, 0.6) is 0 Å². The Hall–Kier alpha value is 0.150. The maximum absolute atomic E-state index is 12.3. The van der Waals surface area contributed by atoms with Crippen LogP contribution in [0.3, 0.4) is 0 Å². The van der Waals surface area contributed by atoms with Gasteiger partial charge in [0, 0.05) is 19.1 Å². The smallest absolute Gasteiger partial charge is 0.252 e. The Bertz CT molecular complexity index is 502. The number of hydrogen-bond donors (Lipinski definition) is 1. The molecule has 0 aliphatic carbocycles. The molecule has 1 aliphatic rings. The van der Waals surface area contributed by atoms with Crippen LogP contribution in [0, 0.1) is 5.92 Å². The fourth-order valence-corrected chi connectivity index (χ4v) is 5.11. The molecule has 1 fully saturated rings. The SMILES string of the molecule is CC(N)C1CCN(S(=O)(=O)c2ccc(Cl)s2)C1.Cl. The van der Waals surface area contributed by atoms with Crippen LogP contribution >= 0.6 is 35.3 Å². The maximum Gasteiger partial charge on any atom is 0.252 e. The Morgan fingerprint density at radius 1 is 1.56 bits per heavy atom. The molecule has 18 heavy (non-hydrogen) atoms. The molecule has 0 bridgehead atoms. The molecule has 0 spiro atoms. The minimum atomic E-state index is -3.37. The summed E-state index contributed by atoms with van der Waals surface area (Å²) in [6, 6.07) is 3.20. The molecule has 4 nitrogen and oxygen atoms in total. The molecular weight excluding hydrogens is 315 g/mol. The Labute approximate surface area is 123 Å². The summed E-state index contributed by atoms with van der Waals surface area (Å²) < 4.78 is 26.8. The number of nitrogens with zero attached hydrogens (tertiary/aromatic N) is 1. The van der Waals surface area contributed by atoms with E-state index in [0.717, 1.165) is 17.8 Å². The second-order valence-corrected chi connectivity index (χ2v) is 8.21. The van der Waals surface area contributed by atoms with Gasteiger partial charge in [0.25, 0.3) is 10.0 Å². The molecule has 0 radical (unpaired) electrons. The Morgan fingerprint density at radius 2 is 2.22 bits per heavy atom. The molecule has 1 aliphatic heterocycles. The average molecular weight is 331 g/mol. The molecule has 2 unspecified atom stereocenters. The predicted octanol–water partition coefficient (Wildman–Crippen LogP) is 2.18. The van der Waals surface area contributed by atoms with E-state index >= 15 is 0 Å². The van der Waals surface area contributed by atoms with E-state index in [2.05, 4.69) is 0 Å². The molecular formula is C10H16Cl2N2O2S2. The summed E-state index contributed by atoms with van der Waals surface area (Å²) in [6.07, 6.45) is 0.829. The Morgan fingerprint density at radius 3 is 2.67 bits per heavy atom. The molecule has 1 saturated heterocycles. The third-order valence-electron chi connectivity index (χ3n) is 3.07. The van der Waals surface area contributed by atoms with Gasteiger partial charge in [-0.15, -0.1) is 23.7 Å². The van der Waals surface area contributed by atoms with Crippen LogP contribution in [-0.2, 0) is 10.0 Å². The largest absolute Gasteiger partial charge is 0.328 e. The van der Waals surface area contributed by atoms with Crippen molar-refractivity contribution in [3.63, 3.8) is 0 Å². The molecule has 2 heterocycles. The van der Waals surface area contributed by atoms with Crippen LogP contribution in [0.1, 0.15) is 13.3 Å². The van der Waals surface area contributed by atoms with Gasteiger partial charge in [-0.2, -0.15) is 4.31 Å². The zero-order chi connectivity index (χ0) is 12.6. The summed E-state index contributed by atoms with van der Waals surface area (Å²) in [5.41, 5.74) is 5.81. The van der Waals surface area contributed by atoms with E-state index in [0.29, 0.717) is 21.6 Å². The van der Waals surface area contributed by atoms with E-state index in [1.165, 1.54) is 4.31 Å². The highest BCUT2D eigenvalue weighted by molar-refractivity contribution is 7.91. The van der Waals surface area contributed by atoms with E-state index < -0.39 is 10.0 Å². The standard InChI is InChI=1S/C10H15ClN2O2S2.ClH/c1-7(12)8-4-5-13(6-8)17(14,15)10-3-2-9(11)16-10;/h2-3,7-8H,4-6,12H2,1H3;1H. The third-order valence-corrected chi connectivity index (χ3v) is 6.64. The molecule has 0 amide bonds. The fourth-order valence-electron chi connectivity index (χ4n) is 1.96. The zero-order valence-electron chi connectivity index (χ0n) is 9.87. The maximum atomic E-state index is 12.3. The summed E-state index contributed by atoms with van der Waals surface area (Å²) in [4.78, 5) is 0. The van der Waals surface area contributed by atoms with Gasteiger partial charge in [-0.25, -0.2) is 8.42 Å². The van der Waals surface area contributed by atoms with E-state index in [4.69, 9.17) is 17.3 Å². The second kappa shape index (κ2) is 6.07. The van der Waals surface area contributed by atoms with Crippen molar-refractivity contribution in [2.45, 2.75) is 23.6 Å². The highest BCUT2D eigenvalue weighted by Gasteiger charge is 2.34. The zero-order valence-corrected chi connectivity index (χ0v) is 13.1. The first-order valence-electron chi connectivity index (χ1n) is 5.42. The first-order valence-corrected chi connectivity index (χ1v) is 8.06. The van der Waals surface area contributed by atoms with Gasteiger partial charge in [-0.3, -0.25) is 0 Å². The number of thiophene rings is 1. The van der Waals surface area contributed by atoms with Gasteiger partial charge in [0.05, 0.1) is 4.34 Å². The number of halogens is 2. The summed E-state index contributed by atoms with van der Waals surface area (Å²) >= 11 is 6.86. The molecule has 2 N–H and O–H groups in total. The summed E-state index contributed by atoms with van der Waals surface area (Å²) in [5.74, 6) is 0.250. The average Bonchev–Trinajstić information content (AvgIpc) is 2.85. The van der Waals surface area contributed by atoms with Gasteiger partial charge in [-0.05, 0) is 31.4 Å². The van der Waals surface area contributed by atoms with Gasteiger partial charge in [-0.1, -0.05) is 11.6 Å². The number of rotatable bonds is 3. The first kappa shape index (κ1) is 16.2. The Balaban J connectivity index is 0.00000162. The van der Waals surface area contributed by atoms with E-state index in [1.54, 1.807) is 12.1 Å². The lowest BCUT2D eigenvalue weighted by Crippen LogP contribution is -2.32. The van der Waals surface area contributed by atoms with Crippen molar-refractivity contribution in [3.05, 3.63) is 16.5 Å². The lowest BCUT2D eigenvalue weighted by Gasteiger charge is -2.17. The van der Waals surface area contributed by atoms with Crippen molar-refractivity contribution in [2.75, 3.05) is 13.1 Å². The van der Waals surface area contributed by atoms with Crippen molar-refractivity contribution < 1.29 is 8.42 Å². The van der Waals surface area contributed by atoms with Gasteiger partial charge in [0.2, 0.25) is 0 Å². The van der Waals surface area contributed by atoms with Crippen LogP contribution in [0.15, 0.2) is 16.3 Å². The highest BCUT2D eigenvalue weighted by Crippen LogP contribution is 2.31. The van der Waals surface area contributed by atoms with Crippen LogP contribution in [0.4, 0.5) is 0 Å². The first-order chi connectivity index (χ1) is 7.91. The van der Waals surface area contributed by atoms with Crippen LogP contribution in [0.25, 0.3) is 0 Å². The third kappa shape index (κ3) is 3.18. The Kier molecular flexibility index (Phi) is 5.46. The van der Waals surface area contributed by atoms with E-state index in [-0.39, 0.29) is 24.4 Å². The topological polar surface area (TPSA) is 63.4 Å². The molecule has 2 atom stereocenters. The van der Waals surface area contributed by atoms with Crippen molar-refractivity contribution in [3.8, 4) is 0 Å². The number of nitrogens with two attached hydrogens (primary N) is 1. The minimum Gasteiger partial charge on any atom is -0.328 e. The normalized spacial score (nSPS) is 22.7. The van der Waals surface area contributed by atoms with E-state index in [9.17, 15) is 8.42 Å². The second-order valence-electron chi connectivity index (χ2n) is 4.33. The minimum absolute atomic E-state index is 0. The number of hydrogen-bond acceptors (Lipinski definition) is 4.